The number of benzene rings is 1. The molecule has 0 radical (unpaired) electrons. The van der Waals surface area contributed by atoms with Gasteiger partial charge in [0, 0.05) is 23.4 Å². The molecule has 0 saturated heterocycles. The Morgan fingerprint density at radius 2 is 1.93 bits per heavy atom. The molecule has 0 amide bonds. The third kappa shape index (κ3) is 3.03. The second-order valence-corrected chi connectivity index (χ2v) is 6.06. The van der Waals surface area contributed by atoms with E-state index < -0.39 is 17.6 Å². The van der Waals surface area contributed by atoms with Crippen LogP contribution < -0.4 is 0 Å². The first-order valence-corrected chi connectivity index (χ1v) is 7.96. The number of pyridine rings is 2. The zero-order chi connectivity index (χ0) is 19.2. The number of rotatable bonds is 3. The van der Waals surface area contributed by atoms with Crippen molar-refractivity contribution in [2.24, 2.45) is 0 Å². The van der Waals surface area contributed by atoms with Crippen LogP contribution in [0.1, 0.15) is 17.0 Å². The molecule has 0 unspecified atom stereocenters. The van der Waals surface area contributed by atoms with Crippen LogP contribution in [0.3, 0.4) is 0 Å². The SMILES string of the molecule is C=C(c1ncc(F)c2cc(Cc3[nH]nc4cccnc34)ccc12)C(F)(F)F. The number of nitrogens with zero attached hydrogens (tertiary/aromatic N) is 3. The van der Waals surface area contributed by atoms with E-state index >= 15 is 0 Å². The fraction of sp³-hybridized carbons (Fsp3) is 0.105. The van der Waals surface area contributed by atoms with Gasteiger partial charge >= 0.3 is 6.18 Å². The Bertz CT molecular complexity index is 1180. The number of hydrogen-bond donors (Lipinski definition) is 1. The summed E-state index contributed by atoms with van der Waals surface area (Å²) in [6.07, 6.45) is -1.84. The van der Waals surface area contributed by atoms with E-state index in [1.165, 1.54) is 12.1 Å². The molecule has 0 bridgehead atoms. The number of aromatic nitrogens is 4. The first-order chi connectivity index (χ1) is 12.8. The molecule has 0 aliphatic carbocycles. The molecule has 4 nitrogen and oxygen atoms in total. The molecule has 27 heavy (non-hydrogen) atoms. The lowest BCUT2D eigenvalue weighted by Gasteiger charge is -2.13. The molecule has 0 fully saturated rings. The van der Waals surface area contributed by atoms with Gasteiger partial charge < -0.3 is 0 Å². The van der Waals surface area contributed by atoms with Crippen molar-refractivity contribution in [2.75, 3.05) is 0 Å². The summed E-state index contributed by atoms with van der Waals surface area (Å²) in [4.78, 5) is 7.87. The number of allylic oxidation sites excluding steroid dienone is 1. The van der Waals surface area contributed by atoms with Crippen molar-refractivity contribution in [1.29, 1.82) is 0 Å². The van der Waals surface area contributed by atoms with Crippen LogP contribution in [-0.4, -0.2) is 26.3 Å². The summed E-state index contributed by atoms with van der Waals surface area (Å²) in [5, 5.41) is 7.16. The fourth-order valence-corrected chi connectivity index (χ4v) is 2.97. The van der Waals surface area contributed by atoms with Crippen LogP contribution >= 0.6 is 0 Å². The maximum atomic E-state index is 14.2. The molecule has 4 rings (SSSR count). The number of alkyl halides is 3. The number of hydrogen-bond acceptors (Lipinski definition) is 3. The molecule has 0 aliphatic rings. The topological polar surface area (TPSA) is 54.5 Å². The maximum Gasteiger partial charge on any atom is 0.417 e. The number of aromatic amines is 1. The van der Waals surface area contributed by atoms with Crippen molar-refractivity contribution < 1.29 is 17.6 Å². The minimum Gasteiger partial charge on any atom is -0.279 e. The Morgan fingerprint density at radius 3 is 2.70 bits per heavy atom. The summed E-state index contributed by atoms with van der Waals surface area (Å²) in [6, 6.07) is 8.14. The zero-order valence-electron chi connectivity index (χ0n) is 13.8. The van der Waals surface area contributed by atoms with E-state index in [2.05, 4.69) is 26.7 Å². The van der Waals surface area contributed by atoms with E-state index in [1.54, 1.807) is 18.3 Å². The lowest BCUT2D eigenvalue weighted by atomic mass is 10.00. The monoisotopic (exact) mass is 372 g/mol. The van der Waals surface area contributed by atoms with E-state index in [0.29, 0.717) is 23.0 Å². The second kappa shape index (κ2) is 6.15. The van der Waals surface area contributed by atoms with Crippen LogP contribution in [0, 0.1) is 5.82 Å². The lowest BCUT2D eigenvalue weighted by Crippen LogP contribution is -2.11. The Kier molecular flexibility index (Phi) is 3.91. The minimum atomic E-state index is -4.64. The minimum absolute atomic E-state index is 0.0553. The molecule has 0 spiro atoms. The van der Waals surface area contributed by atoms with E-state index in [0.717, 1.165) is 11.9 Å². The molecule has 1 aromatic carbocycles. The molecule has 1 N–H and O–H groups in total. The zero-order valence-corrected chi connectivity index (χ0v) is 13.8. The third-order valence-electron chi connectivity index (χ3n) is 4.30. The van der Waals surface area contributed by atoms with Gasteiger partial charge in [0.05, 0.1) is 23.2 Å². The molecule has 3 aromatic heterocycles. The van der Waals surface area contributed by atoms with Gasteiger partial charge in [0.1, 0.15) is 16.9 Å². The van der Waals surface area contributed by atoms with Crippen LogP contribution in [-0.2, 0) is 6.42 Å². The van der Waals surface area contributed by atoms with Gasteiger partial charge in [0.15, 0.2) is 0 Å². The van der Waals surface area contributed by atoms with E-state index in [1.807, 2.05) is 6.07 Å². The Balaban J connectivity index is 1.78. The molecule has 136 valence electrons. The first kappa shape index (κ1) is 17.1. The van der Waals surface area contributed by atoms with E-state index in [-0.39, 0.29) is 16.5 Å². The molecule has 4 aromatic rings. The summed E-state index contributed by atoms with van der Waals surface area (Å²) in [5.74, 6) is -0.696. The van der Waals surface area contributed by atoms with Crippen LogP contribution in [0.2, 0.25) is 0 Å². The van der Waals surface area contributed by atoms with Gasteiger partial charge in [0.25, 0.3) is 0 Å². The summed E-state index contributed by atoms with van der Waals surface area (Å²) in [7, 11) is 0. The van der Waals surface area contributed by atoms with Crippen molar-refractivity contribution >= 4 is 27.4 Å². The largest absolute Gasteiger partial charge is 0.417 e. The van der Waals surface area contributed by atoms with Gasteiger partial charge in [-0.1, -0.05) is 18.7 Å². The highest BCUT2D eigenvalue weighted by Gasteiger charge is 2.35. The quantitative estimate of drug-likeness (QED) is 0.525. The lowest BCUT2D eigenvalue weighted by molar-refractivity contribution is -0.0688. The summed E-state index contributed by atoms with van der Waals surface area (Å²) in [6.45, 7) is 3.06. The summed E-state index contributed by atoms with van der Waals surface area (Å²) >= 11 is 0. The van der Waals surface area contributed by atoms with Crippen LogP contribution in [0.5, 0.6) is 0 Å². The number of halogens is 4. The highest BCUT2D eigenvalue weighted by atomic mass is 19.4. The second-order valence-electron chi connectivity index (χ2n) is 6.06. The van der Waals surface area contributed by atoms with Gasteiger partial charge in [-0.2, -0.15) is 18.3 Å². The number of fused-ring (bicyclic) bond motifs is 2. The molecular weight excluding hydrogens is 360 g/mol. The molecular formula is C19H12F4N4. The van der Waals surface area contributed by atoms with Crippen molar-refractivity contribution in [2.45, 2.75) is 12.6 Å². The highest BCUT2D eigenvalue weighted by Crippen LogP contribution is 2.35. The molecule has 3 heterocycles. The van der Waals surface area contributed by atoms with Crippen LogP contribution in [0.4, 0.5) is 17.6 Å². The molecule has 0 saturated carbocycles. The smallest absolute Gasteiger partial charge is 0.279 e. The van der Waals surface area contributed by atoms with Gasteiger partial charge in [-0.15, -0.1) is 0 Å². The molecule has 0 aliphatic heterocycles. The summed E-state index contributed by atoms with van der Waals surface area (Å²) in [5.41, 5.74) is 1.35. The highest BCUT2D eigenvalue weighted by molar-refractivity contribution is 5.93. The Labute approximate surface area is 150 Å². The standard InChI is InChI=1S/C19H12F4N4/c1-10(19(21,22)23)17-12-5-4-11(7-13(12)14(20)9-25-17)8-16-18-15(26-27-16)3-2-6-24-18/h2-7,9H,1,8H2,(H,26,27). The predicted octanol–water partition coefficient (Wildman–Crippen LogP) is 4.81. The van der Waals surface area contributed by atoms with E-state index in [4.69, 9.17) is 0 Å². The van der Waals surface area contributed by atoms with Crippen molar-refractivity contribution in [1.82, 2.24) is 20.2 Å². The summed E-state index contributed by atoms with van der Waals surface area (Å²) < 4.78 is 53.2. The molecule has 0 atom stereocenters. The van der Waals surface area contributed by atoms with Gasteiger partial charge in [0.2, 0.25) is 0 Å². The predicted molar refractivity (Wildman–Crippen MR) is 93.5 cm³/mol. The van der Waals surface area contributed by atoms with Crippen molar-refractivity contribution in [3.8, 4) is 0 Å². The van der Waals surface area contributed by atoms with Gasteiger partial charge in [-0.05, 0) is 23.8 Å². The third-order valence-corrected chi connectivity index (χ3v) is 4.30. The van der Waals surface area contributed by atoms with E-state index in [9.17, 15) is 17.6 Å². The first-order valence-electron chi connectivity index (χ1n) is 7.96. The normalized spacial score (nSPS) is 12.0. The number of H-pyrrole nitrogens is 1. The fourth-order valence-electron chi connectivity index (χ4n) is 2.97. The Morgan fingerprint density at radius 1 is 1.11 bits per heavy atom. The average Bonchev–Trinajstić information content (AvgIpc) is 3.04. The maximum absolute atomic E-state index is 14.2. The van der Waals surface area contributed by atoms with Gasteiger partial charge in [-0.25, -0.2) is 4.39 Å². The Hall–Kier alpha value is -3.29. The van der Waals surface area contributed by atoms with Crippen LogP contribution in [0.15, 0.2) is 49.3 Å². The number of nitrogens with one attached hydrogen (secondary N) is 1. The molecule has 8 heteroatoms. The average molecular weight is 372 g/mol. The van der Waals surface area contributed by atoms with Crippen LogP contribution in [0.25, 0.3) is 27.4 Å². The van der Waals surface area contributed by atoms with Crippen molar-refractivity contribution in [3.63, 3.8) is 0 Å². The van der Waals surface area contributed by atoms with Gasteiger partial charge in [-0.3, -0.25) is 15.1 Å². The van der Waals surface area contributed by atoms with Crippen molar-refractivity contribution in [3.05, 3.63) is 72.1 Å².